The number of hydrogen-bond donors (Lipinski definition) is 7. The van der Waals surface area contributed by atoms with Gasteiger partial charge in [0.05, 0.1) is 31.2 Å². The second kappa shape index (κ2) is 21.1. The lowest BCUT2D eigenvalue weighted by molar-refractivity contribution is -0.131. The van der Waals surface area contributed by atoms with E-state index in [1.807, 2.05) is 70.2 Å². The summed E-state index contributed by atoms with van der Waals surface area (Å²) in [6.45, 7) is 8.03. The summed E-state index contributed by atoms with van der Waals surface area (Å²) < 4.78 is 0. The number of aromatic nitrogens is 1. The van der Waals surface area contributed by atoms with E-state index in [1.165, 1.54) is 6.20 Å². The minimum atomic E-state index is -1.22. The number of fused-ring (bicyclic) bond motifs is 1. The molecule has 0 aliphatic heterocycles. The van der Waals surface area contributed by atoms with Crippen molar-refractivity contribution in [3.8, 4) is 0 Å². The number of aliphatic hydroxyl groups excluding tert-OH is 2. The number of benzene rings is 2. The topological polar surface area (TPSA) is 196 Å². The van der Waals surface area contributed by atoms with Gasteiger partial charge >= 0.3 is 0 Å². The fourth-order valence-electron chi connectivity index (χ4n) is 6.07. The zero-order valence-electron chi connectivity index (χ0n) is 30.3. The molecule has 1 heterocycles. The summed E-state index contributed by atoms with van der Waals surface area (Å²) in [5.74, 6) is -1.93. The summed E-state index contributed by atoms with van der Waals surface area (Å²) in [5.41, 5.74) is 6.56. The molecule has 0 spiro atoms. The van der Waals surface area contributed by atoms with Crippen molar-refractivity contribution < 1.29 is 29.4 Å². The molecule has 12 heteroatoms. The number of nitrogens with zero attached hydrogens (tertiary/aromatic N) is 1. The second-order valence-corrected chi connectivity index (χ2v) is 14.0. The Labute approximate surface area is 301 Å². The highest BCUT2D eigenvalue weighted by molar-refractivity contribution is 5.97. The Morgan fingerprint density at radius 2 is 1.47 bits per heavy atom. The summed E-state index contributed by atoms with van der Waals surface area (Å²) >= 11 is 0. The van der Waals surface area contributed by atoms with Crippen molar-refractivity contribution >= 4 is 34.4 Å². The van der Waals surface area contributed by atoms with Crippen LogP contribution in [0.4, 0.5) is 0 Å². The third-order valence-corrected chi connectivity index (χ3v) is 8.67. The van der Waals surface area contributed by atoms with E-state index < -0.39 is 53.9 Å². The molecule has 2 aromatic carbocycles. The normalized spacial score (nSPS) is 14.4. The Morgan fingerprint density at radius 3 is 2.14 bits per heavy atom. The number of aliphatic hydroxyl groups is 2. The molecule has 5 atom stereocenters. The Morgan fingerprint density at radius 1 is 0.784 bits per heavy atom. The lowest BCUT2D eigenvalue weighted by Crippen LogP contribution is -2.57. The van der Waals surface area contributed by atoms with Crippen LogP contribution in [0.15, 0.2) is 66.9 Å². The average Bonchev–Trinajstić information content (AvgIpc) is 3.10. The van der Waals surface area contributed by atoms with E-state index in [4.69, 9.17) is 5.73 Å². The summed E-state index contributed by atoms with van der Waals surface area (Å²) in [4.78, 5) is 58.2. The Hall–Kier alpha value is -4.39. The third kappa shape index (κ3) is 13.7. The molecule has 3 rings (SSSR count). The quantitative estimate of drug-likeness (QED) is 0.0822. The number of carbonyl (C=O) groups is 4. The monoisotopic (exact) mass is 704 g/mol. The Kier molecular flexibility index (Phi) is 17.0. The van der Waals surface area contributed by atoms with Gasteiger partial charge in [-0.1, -0.05) is 82.6 Å². The van der Waals surface area contributed by atoms with E-state index in [-0.39, 0.29) is 37.0 Å². The van der Waals surface area contributed by atoms with E-state index in [9.17, 15) is 29.4 Å². The van der Waals surface area contributed by atoms with Crippen LogP contribution in [0.1, 0.15) is 82.3 Å². The number of nitrogens with two attached hydrogens (primary N) is 1. The van der Waals surface area contributed by atoms with Crippen LogP contribution in [0.3, 0.4) is 0 Å². The molecular weight excluding hydrogens is 648 g/mol. The van der Waals surface area contributed by atoms with Gasteiger partial charge in [0.2, 0.25) is 17.7 Å². The van der Waals surface area contributed by atoms with Crippen molar-refractivity contribution in [3.05, 3.63) is 78.1 Å². The molecule has 3 aromatic rings. The zero-order valence-corrected chi connectivity index (χ0v) is 30.3. The predicted molar refractivity (Wildman–Crippen MR) is 198 cm³/mol. The van der Waals surface area contributed by atoms with Gasteiger partial charge < -0.3 is 37.2 Å². The number of rotatable bonds is 21. The molecule has 278 valence electrons. The lowest BCUT2D eigenvalue weighted by Gasteiger charge is -2.29. The highest BCUT2D eigenvalue weighted by Gasteiger charge is 2.32. The Balaban J connectivity index is 1.80. The van der Waals surface area contributed by atoms with Crippen LogP contribution in [0.25, 0.3) is 10.8 Å². The van der Waals surface area contributed by atoms with Crippen LogP contribution in [0.2, 0.25) is 0 Å². The van der Waals surface area contributed by atoms with E-state index in [2.05, 4.69) is 26.3 Å². The first kappa shape index (κ1) is 41.0. The summed E-state index contributed by atoms with van der Waals surface area (Å²) in [6, 6.07) is 15.2. The zero-order chi connectivity index (χ0) is 37.3. The first-order valence-corrected chi connectivity index (χ1v) is 18.0. The number of unbranched alkanes of at least 4 members (excludes halogenated alkanes) is 1. The second-order valence-electron chi connectivity index (χ2n) is 14.0. The highest BCUT2D eigenvalue weighted by atomic mass is 16.3. The number of hydrogen-bond acceptors (Lipinski definition) is 8. The minimum Gasteiger partial charge on any atom is -0.394 e. The fraction of sp³-hybridized carbons (Fsp3) is 0.513. The molecule has 0 aliphatic carbocycles. The first-order chi connectivity index (χ1) is 24.4. The molecular formula is C39H56N6O6. The molecule has 0 unspecified atom stereocenters. The Bertz CT molecular complexity index is 1550. The molecule has 0 bridgehead atoms. The van der Waals surface area contributed by atoms with Crippen LogP contribution in [-0.2, 0) is 20.8 Å². The molecule has 12 nitrogen and oxygen atoms in total. The predicted octanol–water partition coefficient (Wildman–Crippen LogP) is 2.99. The minimum absolute atomic E-state index is 0.00890. The molecule has 51 heavy (non-hydrogen) atoms. The number of carbonyl (C=O) groups excluding carboxylic acids is 4. The maximum Gasteiger partial charge on any atom is 0.270 e. The van der Waals surface area contributed by atoms with Gasteiger partial charge in [-0.2, -0.15) is 0 Å². The number of amides is 4. The summed E-state index contributed by atoms with van der Waals surface area (Å²) in [5, 5.41) is 34.2. The molecule has 0 saturated carbocycles. The van der Waals surface area contributed by atoms with Gasteiger partial charge in [-0.05, 0) is 72.5 Å². The van der Waals surface area contributed by atoms with Gasteiger partial charge in [0.1, 0.15) is 17.8 Å². The van der Waals surface area contributed by atoms with Gasteiger partial charge in [0.15, 0.2) is 0 Å². The van der Waals surface area contributed by atoms with Gasteiger partial charge in [0.25, 0.3) is 5.91 Å². The van der Waals surface area contributed by atoms with Crippen LogP contribution in [-0.4, -0.2) is 82.2 Å². The molecule has 1 aromatic heterocycles. The van der Waals surface area contributed by atoms with E-state index >= 15 is 0 Å². The van der Waals surface area contributed by atoms with Crippen molar-refractivity contribution in [1.29, 1.82) is 0 Å². The molecule has 0 radical (unpaired) electrons. The van der Waals surface area contributed by atoms with Crippen LogP contribution < -0.4 is 27.0 Å². The van der Waals surface area contributed by atoms with Crippen molar-refractivity contribution in [3.63, 3.8) is 0 Å². The van der Waals surface area contributed by atoms with Gasteiger partial charge in [-0.3, -0.25) is 24.2 Å². The molecule has 0 aliphatic rings. The van der Waals surface area contributed by atoms with E-state index in [1.54, 1.807) is 18.2 Å². The number of pyridine rings is 1. The van der Waals surface area contributed by atoms with Crippen molar-refractivity contribution in [2.75, 3.05) is 13.2 Å². The smallest absolute Gasteiger partial charge is 0.270 e. The highest BCUT2D eigenvalue weighted by Crippen LogP contribution is 2.21. The van der Waals surface area contributed by atoms with Gasteiger partial charge in [0, 0.05) is 12.6 Å². The molecule has 4 amide bonds. The van der Waals surface area contributed by atoms with Crippen molar-refractivity contribution in [2.45, 2.75) is 103 Å². The SMILES string of the molecule is CC(C)C[C@H](NC(=O)[C@H](Cc1cccc2ccccc12)NC(=O)c1ccccn1)C(=O)N[C@@H](CC(C)C)[C@@H](O)CC(=O)N[C@H](CO)CCCCN. The van der Waals surface area contributed by atoms with Gasteiger partial charge in [-0.15, -0.1) is 0 Å². The number of nitrogens with one attached hydrogen (secondary N) is 4. The summed E-state index contributed by atoms with van der Waals surface area (Å²) in [6.07, 6.45) is 2.91. The lowest BCUT2D eigenvalue weighted by atomic mass is 9.95. The third-order valence-electron chi connectivity index (χ3n) is 8.67. The standard InChI is InChI=1S/C39H56N6O6/c1-25(2)20-32(35(47)23-36(48)42-29(24-46)15-7-9-18-40)43-38(50)33(21-26(3)4)44-39(51)34(45-37(49)31-17-8-10-19-41-31)22-28-14-11-13-27-12-5-6-16-30(27)28/h5-6,8,10-14,16-17,19,25-26,29,32-35,46-47H,7,9,15,18,20-24,40H2,1-4H3,(H,42,48)(H,43,50)(H,44,51)(H,45,49)/t29-,32-,33-,34-,35-/m0/s1. The van der Waals surface area contributed by atoms with Crippen molar-refractivity contribution in [1.82, 2.24) is 26.3 Å². The van der Waals surface area contributed by atoms with Crippen LogP contribution >= 0.6 is 0 Å². The van der Waals surface area contributed by atoms with E-state index in [0.717, 1.165) is 29.2 Å². The maximum atomic E-state index is 14.1. The average molecular weight is 705 g/mol. The first-order valence-electron chi connectivity index (χ1n) is 18.0. The molecule has 0 fully saturated rings. The van der Waals surface area contributed by atoms with Crippen molar-refractivity contribution in [2.24, 2.45) is 17.6 Å². The van der Waals surface area contributed by atoms with Crippen LogP contribution in [0.5, 0.6) is 0 Å². The molecule has 0 saturated heterocycles. The van der Waals surface area contributed by atoms with E-state index in [0.29, 0.717) is 25.8 Å². The maximum absolute atomic E-state index is 14.1. The largest absolute Gasteiger partial charge is 0.394 e. The fourth-order valence-corrected chi connectivity index (χ4v) is 6.07. The van der Waals surface area contributed by atoms with Gasteiger partial charge in [-0.25, -0.2) is 0 Å². The summed E-state index contributed by atoms with van der Waals surface area (Å²) in [7, 11) is 0. The molecule has 8 N–H and O–H groups in total. The van der Waals surface area contributed by atoms with Crippen LogP contribution in [0, 0.1) is 11.8 Å².